The molecule has 0 bridgehead atoms. The van der Waals surface area contributed by atoms with Gasteiger partial charge in [-0.3, -0.25) is 4.79 Å². The van der Waals surface area contributed by atoms with E-state index in [1.807, 2.05) is 4.90 Å². The van der Waals surface area contributed by atoms with E-state index in [-0.39, 0.29) is 5.91 Å². The fraction of sp³-hybridized carbons (Fsp3) is 0.571. The number of rotatable bonds is 5. The van der Waals surface area contributed by atoms with Gasteiger partial charge in [-0.15, -0.1) is 0 Å². The van der Waals surface area contributed by atoms with Gasteiger partial charge in [0.25, 0.3) is 0 Å². The number of hydrogen-bond acceptors (Lipinski definition) is 3. The van der Waals surface area contributed by atoms with Crippen molar-refractivity contribution in [2.75, 3.05) is 19.6 Å². The number of benzene rings is 1. The number of furan rings is 1. The maximum Gasteiger partial charge on any atom is 0.227 e. The number of likely N-dealkylation sites (tertiary alicyclic amines) is 1. The van der Waals surface area contributed by atoms with Crippen LogP contribution in [0.5, 0.6) is 0 Å². The normalized spacial score (nSPS) is 18.9. The predicted molar refractivity (Wildman–Crippen MR) is 99.7 cm³/mol. The standard InChI is InChI=1S/C21H28N2O2/c1-14-9-19-17(13-25-20(19)10-15(14)2)11-21(24)23-7-5-18(6-8-23)22-12-16-3-4-16/h9-10,13,16,18,22H,3-8,11-12H2,1-2H3. The largest absolute Gasteiger partial charge is 0.464 e. The van der Waals surface area contributed by atoms with E-state index in [0.717, 1.165) is 48.4 Å². The fourth-order valence-electron chi connectivity index (χ4n) is 3.74. The number of hydrogen-bond donors (Lipinski definition) is 1. The monoisotopic (exact) mass is 340 g/mol. The number of piperidine rings is 1. The van der Waals surface area contributed by atoms with Crippen molar-refractivity contribution in [3.8, 4) is 0 Å². The number of nitrogens with zero attached hydrogens (tertiary/aromatic N) is 1. The first kappa shape index (κ1) is 16.6. The van der Waals surface area contributed by atoms with Gasteiger partial charge in [0.1, 0.15) is 5.58 Å². The van der Waals surface area contributed by atoms with Gasteiger partial charge in [-0.2, -0.15) is 0 Å². The second kappa shape index (κ2) is 6.83. The molecule has 134 valence electrons. The van der Waals surface area contributed by atoms with Crippen molar-refractivity contribution in [2.45, 2.75) is 52.0 Å². The molecule has 2 fully saturated rings. The van der Waals surface area contributed by atoms with Crippen LogP contribution >= 0.6 is 0 Å². The quantitative estimate of drug-likeness (QED) is 0.905. The molecule has 1 amide bonds. The van der Waals surface area contributed by atoms with Gasteiger partial charge in [-0.05, 0) is 75.3 Å². The summed E-state index contributed by atoms with van der Waals surface area (Å²) in [5.41, 5.74) is 4.36. The average molecular weight is 340 g/mol. The third-order valence-electron chi connectivity index (χ3n) is 5.85. The van der Waals surface area contributed by atoms with E-state index in [2.05, 4.69) is 31.3 Å². The smallest absolute Gasteiger partial charge is 0.227 e. The predicted octanol–water partition coefficient (Wildman–Crippen LogP) is 3.58. The van der Waals surface area contributed by atoms with Crippen LogP contribution in [0, 0.1) is 19.8 Å². The molecule has 1 aromatic carbocycles. The van der Waals surface area contributed by atoms with Crippen LogP contribution < -0.4 is 5.32 Å². The Bertz CT molecular complexity index is 768. The van der Waals surface area contributed by atoms with Crippen LogP contribution in [0.15, 0.2) is 22.8 Å². The SMILES string of the molecule is Cc1cc2occ(CC(=O)N3CCC(NCC4CC4)CC3)c2cc1C. The second-order valence-corrected chi connectivity index (χ2v) is 7.88. The maximum absolute atomic E-state index is 12.7. The van der Waals surface area contributed by atoms with Gasteiger partial charge in [0, 0.05) is 30.1 Å². The van der Waals surface area contributed by atoms with Gasteiger partial charge >= 0.3 is 0 Å². The number of amides is 1. The summed E-state index contributed by atoms with van der Waals surface area (Å²) >= 11 is 0. The Morgan fingerprint density at radius 1 is 1.16 bits per heavy atom. The van der Waals surface area contributed by atoms with Crippen LogP contribution in [0.1, 0.15) is 42.4 Å². The highest BCUT2D eigenvalue weighted by Crippen LogP contribution is 2.28. The van der Waals surface area contributed by atoms with Gasteiger partial charge < -0.3 is 14.6 Å². The molecule has 1 aromatic heterocycles. The van der Waals surface area contributed by atoms with E-state index < -0.39 is 0 Å². The van der Waals surface area contributed by atoms with Crippen molar-refractivity contribution in [3.05, 3.63) is 35.1 Å². The Hall–Kier alpha value is -1.81. The van der Waals surface area contributed by atoms with Crippen LogP contribution in [0.25, 0.3) is 11.0 Å². The molecule has 1 aliphatic heterocycles. The van der Waals surface area contributed by atoms with Crippen LogP contribution in [0.2, 0.25) is 0 Å². The van der Waals surface area contributed by atoms with Crippen molar-refractivity contribution in [1.29, 1.82) is 0 Å². The average Bonchev–Trinajstić information content (AvgIpc) is 3.37. The molecule has 2 aliphatic rings. The third kappa shape index (κ3) is 3.74. The highest BCUT2D eigenvalue weighted by Gasteiger charge is 2.26. The first-order valence-electron chi connectivity index (χ1n) is 9.58. The summed E-state index contributed by atoms with van der Waals surface area (Å²) in [6, 6.07) is 4.80. The molecule has 0 spiro atoms. The van der Waals surface area contributed by atoms with Crippen molar-refractivity contribution < 1.29 is 9.21 Å². The van der Waals surface area contributed by atoms with Crippen molar-refractivity contribution >= 4 is 16.9 Å². The zero-order chi connectivity index (χ0) is 17.4. The molecule has 1 saturated carbocycles. The molecule has 1 N–H and O–H groups in total. The zero-order valence-electron chi connectivity index (χ0n) is 15.3. The lowest BCUT2D eigenvalue weighted by Gasteiger charge is -2.32. The first-order chi connectivity index (χ1) is 12.1. The zero-order valence-corrected chi connectivity index (χ0v) is 15.3. The molecule has 0 radical (unpaired) electrons. The molecule has 25 heavy (non-hydrogen) atoms. The summed E-state index contributed by atoms with van der Waals surface area (Å²) in [5.74, 6) is 1.14. The lowest BCUT2D eigenvalue weighted by atomic mass is 10.0. The number of carbonyl (C=O) groups excluding carboxylic acids is 1. The van der Waals surface area contributed by atoms with Crippen molar-refractivity contribution in [1.82, 2.24) is 10.2 Å². The Labute approximate surface area is 149 Å². The minimum atomic E-state index is 0.224. The number of aryl methyl sites for hydroxylation is 2. The summed E-state index contributed by atoms with van der Waals surface area (Å²) in [6.07, 6.45) is 7.12. The topological polar surface area (TPSA) is 45.5 Å². The first-order valence-corrected chi connectivity index (χ1v) is 9.58. The summed E-state index contributed by atoms with van der Waals surface area (Å²) < 4.78 is 5.67. The van der Waals surface area contributed by atoms with Crippen LogP contribution in [0.4, 0.5) is 0 Å². The lowest BCUT2D eigenvalue weighted by Crippen LogP contribution is -2.45. The van der Waals surface area contributed by atoms with E-state index in [1.165, 1.54) is 30.5 Å². The van der Waals surface area contributed by atoms with Gasteiger partial charge in [-0.1, -0.05) is 0 Å². The Kier molecular flexibility index (Phi) is 4.55. The number of fused-ring (bicyclic) bond motifs is 1. The van der Waals surface area contributed by atoms with E-state index in [1.54, 1.807) is 6.26 Å². The Morgan fingerprint density at radius 3 is 2.60 bits per heavy atom. The fourth-order valence-corrected chi connectivity index (χ4v) is 3.74. The molecular weight excluding hydrogens is 312 g/mol. The van der Waals surface area contributed by atoms with Gasteiger partial charge in [0.2, 0.25) is 5.91 Å². The van der Waals surface area contributed by atoms with E-state index in [9.17, 15) is 4.79 Å². The van der Waals surface area contributed by atoms with Crippen LogP contribution in [-0.2, 0) is 11.2 Å². The summed E-state index contributed by atoms with van der Waals surface area (Å²) in [6.45, 7) is 7.10. The van der Waals surface area contributed by atoms with E-state index in [0.29, 0.717) is 12.5 Å². The highest BCUT2D eigenvalue weighted by atomic mass is 16.3. The highest BCUT2D eigenvalue weighted by molar-refractivity contribution is 5.88. The second-order valence-electron chi connectivity index (χ2n) is 7.88. The minimum absolute atomic E-state index is 0.224. The molecule has 4 rings (SSSR count). The molecule has 2 heterocycles. The molecule has 4 heteroatoms. The molecule has 0 atom stereocenters. The minimum Gasteiger partial charge on any atom is -0.464 e. The molecule has 1 saturated heterocycles. The number of carbonyl (C=O) groups is 1. The molecule has 4 nitrogen and oxygen atoms in total. The van der Waals surface area contributed by atoms with Gasteiger partial charge in [-0.25, -0.2) is 0 Å². The summed E-state index contributed by atoms with van der Waals surface area (Å²) in [5, 5.41) is 4.75. The summed E-state index contributed by atoms with van der Waals surface area (Å²) in [7, 11) is 0. The van der Waals surface area contributed by atoms with Crippen molar-refractivity contribution in [3.63, 3.8) is 0 Å². The van der Waals surface area contributed by atoms with E-state index >= 15 is 0 Å². The Morgan fingerprint density at radius 2 is 1.88 bits per heavy atom. The molecule has 0 unspecified atom stereocenters. The Balaban J connectivity index is 1.35. The molecule has 1 aliphatic carbocycles. The van der Waals surface area contributed by atoms with Gasteiger partial charge in [0.15, 0.2) is 0 Å². The van der Waals surface area contributed by atoms with Crippen LogP contribution in [0.3, 0.4) is 0 Å². The third-order valence-corrected chi connectivity index (χ3v) is 5.85. The van der Waals surface area contributed by atoms with Crippen molar-refractivity contribution in [2.24, 2.45) is 5.92 Å². The molecule has 2 aromatic rings. The molecular formula is C21H28N2O2. The summed E-state index contributed by atoms with van der Waals surface area (Å²) in [4.78, 5) is 14.7. The number of nitrogens with one attached hydrogen (secondary N) is 1. The van der Waals surface area contributed by atoms with Gasteiger partial charge in [0.05, 0.1) is 12.7 Å². The lowest BCUT2D eigenvalue weighted by molar-refractivity contribution is -0.131. The van der Waals surface area contributed by atoms with Crippen LogP contribution in [-0.4, -0.2) is 36.5 Å². The van der Waals surface area contributed by atoms with E-state index in [4.69, 9.17) is 4.42 Å². The maximum atomic E-state index is 12.7.